The van der Waals surface area contributed by atoms with Crippen LogP contribution in [-0.2, 0) is 21.4 Å². The van der Waals surface area contributed by atoms with E-state index in [1.165, 1.54) is 23.5 Å². The molecule has 1 amide bonds. The van der Waals surface area contributed by atoms with Crippen molar-refractivity contribution >= 4 is 21.9 Å². The fourth-order valence-corrected chi connectivity index (χ4v) is 3.73. The fraction of sp³-hybridized carbons (Fsp3) is 0.500. The van der Waals surface area contributed by atoms with Crippen LogP contribution in [0.25, 0.3) is 0 Å². The molecule has 1 aromatic rings. The third-order valence-corrected chi connectivity index (χ3v) is 5.45. The van der Waals surface area contributed by atoms with Gasteiger partial charge >= 0.3 is 5.97 Å². The molecule has 2 N–H and O–H groups in total. The van der Waals surface area contributed by atoms with Crippen LogP contribution in [0.15, 0.2) is 18.2 Å². The Bertz CT molecular complexity index is 762. The minimum atomic E-state index is -3.31. The highest BCUT2D eigenvalue weighted by Gasteiger charge is 2.30. The number of carbonyl (C=O) groups is 2. The second kappa shape index (κ2) is 7.83. The molecule has 0 aliphatic carbocycles. The van der Waals surface area contributed by atoms with E-state index in [0.29, 0.717) is 24.9 Å². The summed E-state index contributed by atoms with van der Waals surface area (Å²) in [6, 6.07) is 4.66. The maximum Gasteiger partial charge on any atom is 0.339 e. The Kier molecular flexibility index (Phi) is 6.02. The molecule has 138 valence electrons. The van der Waals surface area contributed by atoms with Gasteiger partial charge in [-0.2, -0.15) is 0 Å². The zero-order valence-corrected chi connectivity index (χ0v) is 15.0. The quantitative estimate of drug-likeness (QED) is 0.761. The van der Waals surface area contributed by atoms with E-state index in [-0.39, 0.29) is 30.3 Å². The van der Waals surface area contributed by atoms with E-state index in [0.717, 1.165) is 6.26 Å². The summed E-state index contributed by atoms with van der Waals surface area (Å²) in [5.41, 5.74) is 0.650. The number of nitrogens with zero attached hydrogens (tertiary/aromatic N) is 1. The van der Waals surface area contributed by atoms with Gasteiger partial charge in [0, 0.05) is 19.6 Å². The Hall–Kier alpha value is -2.13. The Morgan fingerprint density at radius 1 is 1.40 bits per heavy atom. The first-order valence-electron chi connectivity index (χ1n) is 7.85. The lowest BCUT2D eigenvalue weighted by Gasteiger charge is -2.30. The number of ether oxygens (including phenoxy) is 1. The largest absolute Gasteiger partial charge is 0.496 e. The van der Waals surface area contributed by atoms with Crippen molar-refractivity contribution in [3.63, 3.8) is 0 Å². The van der Waals surface area contributed by atoms with E-state index in [4.69, 9.17) is 4.74 Å². The van der Waals surface area contributed by atoms with Crippen molar-refractivity contribution in [2.45, 2.75) is 19.4 Å². The molecule has 1 aromatic carbocycles. The molecule has 25 heavy (non-hydrogen) atoms. The van der Waals surface area contributed by atoms with Gasteiger partial charge in [0.25, 0.3) is 0 Å². The van der Waals surface area contributed by atoms with Gasteiger partial charge in [-0.05, 0) is 30.5 Å². The van der Waals surface area contributed by atoms with E-state index in [9.17, 15) is 23.1 Å². The monoisotopic (exact) mass is 370 g/mol. The number of hydrogen-bond acceptors (Lipinski definition) is 5. The highest BCUT2D eigenvalue weighted by Crippen LogP contribution is 2.21. The van der Waals surface area contributed by atoms with E-state index in [2.05, 4.69) is 5.32 Å². The number of sulfonamides is 1. The number of methoxy groups -OCH3 is 1. The zero-order valence-electron chi connectivity index (χ0n) is 14.2. The second-order valence-electron chi connectivity index (χ2n) is 6.02. The molecule has 0 unspecified atom stereocenters. The molecular weight excluding hydrogens is 348 g/mol. The molecule has 1 atom stereocenters. The Morgan fingerprint density at radius 3 is 2.72 bits per heavy atom. The summed E-state index contributed by atoms with van der Waals surface area (Å²) in [6.45, 7) is 0.773. The summed E-state index contributed by atoms with van der Waals surface area (Å²) in [4.78, 5) is 23.5. The SMILES string of the molecule is COc1ccc(CNC(=O)[C@@H]2CCCN(S(C)(=O)=O)C2)cc1C(=O)O. The molecule has 9 heteroatoms. The number of carboxylic acid groups (broad SMARTS) is 1. The van der Waals surface area contributed by atoms with Crippen molar-refractivity contribution in [2.24, 2.45) is 5.92 Å². The van der Waals surface area contributed by atoms with Crippen LogP contribution < -0.4 is 10.1 Å². The Labute approximate surface area is 146 Å². The number of rotatable bonds is 6. The lowest BCUT2D eigenvalue weighted by Crippen LogP contribution is -2.44. The van der Waals surface area contributed by atoms with Crippen molar-refractivity contribution in [1.29, 1.82) is 0 Å². The number of piperidine rings is 1. The normalized spacial score (nSPS) is 18.6. The van der Waals surface area contributed by atoms with Gasteiger partial charge in [0.2, 0.25) is 15.9 Å². The molecular formula is C16H22N2O6S. The molecule has 0 aromatic heterocycles. The summed E-state index contributed by atoms with van der Waals surface area (Å²) in [5.74, 6) is -1.50. The third-order valence-electron chi connectivity index (χ3n) is 4.18. The molecule has 1 fully saturated rings. The van der Waals surface area contributed by atoms with Gasteiger partial charge in [-0.25, -0.2) is 17.5 Å². The first-order chi connectivity index (χ1) is 11.7. The Balaban J connectivity index is 2.00. The number of aromatic carboxylic acids is 1. The summed E-state index contributed by atoms with van der Waals surface area (Å²) in [5, 5.41) is 11.9. The van der Waals surface area contributed by atoms with Gasteiger partial charge in [0.1, 0.15) is 11.3 Å². The van der Waals surface area contributed by atoms with Gasteiger partial charge < -0.3 is 15.2 Å². The molecule has 1 aliphatic rings. The molecule has 1 heterocycles. The van der Waals surface area contributed by atoms with Gasteiger partial charge in [0.05, 0.1) is 19.3 Å². The molecule has 0 spiro atoms. The molecule has 1 saturated heterocycles. The molecule has 0 bridgehead atoms. The lowest BCUT2D eigenvalue weighted by atomic mass is 9.98. The smallest absolute Gasteiger partial charge is 0.339 e. The number of amides is 1. The van der Waals surface area contributed by atoms with Crippen molar-refractivity contribution < 1.29 is 27.9 Å². The summed E-state index contributed by atoms with van der Waals surface area (Å²) >= 11 is 0. The number of nitrogens with one attached hydrogen (secondary N) is 1. The van der Waals surface area contributed by atoms with E-state index >= 15 is 0 Å². The lowest BCUT2D eigenvalue weighted by molar-refractivity contribution is -0.126. The third kappa shape index (κ3) is 4.93. The molecule has 8 nitrogen and oxygen atoms in total. The van der Waals surface area contributed by atoms with Crippen LogP contribution in [0.1, 0.15) is 28.8 Å². The first-order valence-corrected chi connectivity index (χ1v) is 9.70. The summed E-state index contributed by atoms with van der Waals surface area (Å²) < 4.78 is 29.6. The zero-order chi connectivity index (χ0) is 18.6. The van der Waals surface area contributed by atoms with Crippen LogP contribution in [-0.4, -0.2) is 56.2 Å². The predicted molar refractivity (Wildman–Crippen MR) is 90.9 cm³/mol. The minimum absolute atomic E-state index is 0.0233. The fourth-order valence-electron chi connectivity index (χ4n) is 2.82. The highest BCUT2D eigenvalue weighted by molar-refractivity contribution is 7.88. The predicted octanol–water partition coefficient (Wildman–Crippen LogP) is 0.681. The van der Waals surface area contributed by atoms with Crippen molar-refractivity contribution in [2.75, 3.05) is 26.5 Å². The number of carboxylic acids is 1. The van der Waals surface area contributed by atoms with Crippen LogP contribution in [0.2, 0.25) is 0 Å². The molecule has 0 saturated carbocycles. The van der Waals surface area contributed by atoms with Crippen LogP contribution in [0.3, 0.4) is 0 Å². The summed E-state index contributed by atoms with van der Waals surface area (Å²) in [7, 11) is -1.92. The molecule has 1 aliphatic heterocycles. The first kappa shape index (κ1) is 19.2. The van der Waals surface area contributed by atoms with Gasteiger partial charge in [-0.1, -0.05) is 6.07 Å². The van der Waals surface area contributed by atoms with E-state index < -0.39 is 21.9 Å². The van der Waals surface area contributed by atoms with Gasteiger partial charge in [0.15, 0.2) is 0 Å². The van der Waals surface area contributed by atoms with Gasteiger partial charge in [-0.3, -0.25) is 4.79 Å². The highest BCUT2D eigenvalue weighted by atomic mass is 32.2. The van der Waals surface area contributed by atoms with Crippen LogP contribution >= 0.6 is 0 Å². The average Bonchev–Trinajstić information content (AvgIpc) is 2.58. The van der Waals surface area contributed by atoms with Crippen molar-refractivity contribution in [3.05, 3.63) is 29.3 Å². The number of hydrogen-bond donors (Lipinski definition) is 2. The van der Waals surface area contributed by atoms with Crippen molar-refractivity contribution in [3.8, 4) is 5.75 Å². The van der Waals surface area contributed by atoms with Crippen LogP contribution in [0.5, 0.6) is 5.75 Å². The molecule has 2 rings (SSSR count). The van der Waals surface area contributed by atoms with E-state index in [1.807, 2.05) is 0 Å². The van der Waals surface area contributed by atoms with Crippen molar-refractivity contribution in [1.82, 2.24) is 9.62 Å². The van der Waals surface area contributed by atoms with E-state index in [1.54, 1.807) is 6.07 Å². The summed E-state index contributed by atoms with van der Waals surface area (Å²) in [6.07, 6.45) is 2.40. The number of carbonyl (C=O) groups excluding carboxylic acids is 1. The standard InChI is InChI=1S/C16H22N2O6S/c1-24-14-6-5-11(8-13(14)16(20)21)9-17-15(19)12-4-3-7-18(10-12)25(2,22)23/h5-6,8,12H,3-4,7,9-10H2,1-2H3,(H,17,19)(H,20,21)/t12-/m1/s1. The van der Waals surface area contributed by atoms with Gasteiger partial charge in [-0.15, -0.1) is 0 Å². The average molecular weight is 370 g/mol. The topological polar surface area (TPSA) is 113 Å². The Morgan fingerprint density at radius 2 is 2.12 bits per heavy atom. The van der Waals surface area contributed by atoms with Crippen LogP contribution in [0.4, 0.5) is 0 Å². The minimum Gasteiger partial charge on any atom is -0.496 e. The second-order valence-corrected chi connectivity index (χ2v) is 8.00. The number of benzene rings is 1. The van der Waals surface area contributed by atoms with Crippen LogP contribution in [0, 0.1) is 5.92 Å². The maximum absolute atomic E-state index is 12.3. The molecule has 0 radical (unpaired) electrons. The maximum atomic E-state index is 12.3.